The predicted octanol–water partition coefficient (Wildman–Crippen LogP) is 4.35. The van der Waals surface area contributed by atoms with Crippen molar-refractivity contribution < 1.29 is 22.8 Å². The molecule has 2 aromatic carbocycles. The van der Waals surface area contributed by atoms with E-state index in [0.717, 1.165) is 17.7 Å². The summed E-state index contributed by atoms with van der Waals surface area (Å²) in [4.78, 5) is 29.1. The largest absolute Gasteiger partial charge is 0.416 e. The Morgan fingerprint density at radius 2 is 1.77 bits per heavy atom. The van der Waals surface area contributed by atoms with Gasteiger partial charge in [0.1, 0.15) is 0 Å². The van der Waals surface area contributed by atoms with Crippen LogP contribution in [0.25, 0.3) is 0 Å². The standard InChI is InChI=1S/C23H25F3N2O2/c1-4-27(3)22(30)20-14-28(21(29)16-10-8-15(2)9-11-16)13-19(20)17-6-5-7-18(12-17)23(24,25)26/h5-12,19-20H,4,13-14H2,1-3H3/t19-,20-/m1/s1. The van der Waals surface area contributed by atoms with E-state index in [1.807, 2.05) is 26.0 Å². The Morgan fingerprint density at radius 3 is 2.37 bits per heavy atom. The first-order chi connectivity index (χ1) is 14.1. The van der Waals surface area contributed by atoms with Crippen LogP contribution in [0.3, 0.4) is 0 Å². The van der Waals surface area contributed by atoms with Crippen LogP contribution in [0.2, 0.25) is 0 Å². The normalized spacial score (nSPS) is 19.1. The molecule has 0 aliphatic carbocycles. The van der Waals surface area contributed by atoms with Crippen LogP contribution in [-0.4, -0.2) is 48.3 Å². The second-order valence-corrected chi connectivity index (χ2v) is 7.76. The maximum absolute atomic E-state index is 13.2. The fourth-order valence-electron chi connectivity index (χ4n) is 3.82. The number of rotatable bonds is 4. The molecule has 0 radical (unpaired) electrons. The molecule has 160 valence electrons. The number of benzene rings is 2. The average Bonchev–Trinajstić information content (AvgIpc) is 3.17. The number of alkyl halides is 3. The average molecular weight is 418 g/mol. The number of halogens is 3. The van der Waals surface area contributed by atoms with E-state index in [9.17, 15) is 22.8 Å². The van der Waals surface area contributed by atoms with Crippen molar-refractivity contribution in [1.29, 1.82) is 0 Å². The number of aryl methyl sites for hydroxylation is 1. The molecule has 4 nitrogen and oxygen atoms in total. The van der Waals surface area contributed by atoms with Gasteiger partial charge in [-0.15, -0.1) is 0 Å². The summed E-state index contributed by atoms with van der Waals surface area (Å²) < 4.78 is 39.6. The molecule has 1 heterocycles. The number of carbonyl (C=O) groups excluding carboxylic acids is 2. The van der Waals surface area contributed by atoms with Crippen molar-refractivity contribution in [3.05, 3.63) is 70.8 Å². The zero-order valence-corrected chi connectivity index (χ0v) is 17.2. The molecule has 0 saturated carbocycles. The molecule has 0 spiro atoms. The first-order valence-electron chi connectivity index (χ1n) is 9.90. The third-order valence-corrected chi connectivity index (χ3v) is 5.72. The molecule has 1 aliphatic rings. The third kappa shape index (κ3) is 4.50. The summed E-state index contributed by atoms with van der Waals surface area (Å²) in [5, 5.41) is 0. The van der Waals surface area contributed by atoms with Crippen LogP contribution in [0.4, 0.5) is 13.2 Å². The third-order valence-electron chi connectivity index (χ3n) is 5.72. The van der Waals surface area contributed by atoms with Crippen LogP contribution < -0.4 is 0 Å². The number of carbonyl (C=O) groups is 2. The lowest BCUT2D eigenvalue weighted by Crippen LogP contribution is -2.37. The predicted molar refractivity (Wildman–Crippen MR) is 108 cm³/mol. The number of hydrogen-bond donors (Lipinski definition) is 0. The zero-order valence-electron chi connectivity index (χ0n) is 17.2. The molecule has 1 aliphatic heterocycles. The molecule has 0 bridgehead atoms. The van der Waals surface area contributed by atoms with Gasteiger partial charge in [0.05, 0.1) is 11.5 Å². The van der Waals surface area contributed by atoms with E-state index in [1.54, 1.807) is 35.0 Å². The fraction of sp³-hybridized carbons (Fsp3) is 0.391. The van der Waals surface area contributed by atoms with Gasteiger partial charge in [-0.05, 0) is 37.6 Å². The minimum Gasteiger partial charge on any atom is -0.346 e. The number of likely N-dealkylation sites (tertiary alicyclic amines) is 1. The van der Waals surface area contributed by atoms with Crippen LogP contribution in [0.15, 0.2) is 48.5 Å². The summed E-state index contributed by atoms with van der Waals surface area (Å²) in [6, 6.07) is 12.2. The van der Waals surface area contributed by atoms with Crippen LogP contribution in [0.1, 0.15) is 39.9 Å². The fourth-order valence-corrected chi connectivity index (χ4v) is 3.82. The van der Waals surface area contributed by atoms with Gasteiger partial charge in [0, 0.05) is 38.2 Å². The quantitative estimate of drug-likeness (QED) is 0.741. The second-order valence-electron chi connectivity index (χ2n) is 7.76. The lowest BCUT2D eigenvalue weighted by Gasteiger charge is -2.23. The Kier molecular flexibility index (Phi) is 6.19. The molecule has 2 amide bonds. The molecule has 0 aromatic heterocycles. The summed E-state index contributed by atoms with van der Waals surface area (Å²) in [7, 11) is 1.66. The minimum atomic E-state index is -4.47. The van der Waals surface area contributed by atoms with Crippen LogP contribution in [0, 0.1) is 12.8 Å². The van der Waals surface area contributed by atoms with Crippen molar-refractivity contribution in [2.45, 2.75) is 25.9 Å². The van der Waals surface area contributed by atoms with Crippen molar-refractivity contribution in [1.82, 2.24) is 9.80 Å². The van der Waals surface area contributed by atoms with Crippen LogP contribution in [0.5, 0.6) is 0 Å². The summed E-state index contributed by atoms with van der Waals surface area (Å²) in [6.45, 7) is 4.61. The maximum Gasteiger partial charge on any atom is 0.416 e. The van der Waals surface area contributed by atoms with Gasteiger partial charge in [-0.1, -0.05) is 35.9 Å². The highest BCUT2D eigenvalue weighted by molar-refractivity contribution is 5.95. The molecule has 0 N–H and O–H groups in total. The summed E-state index contributed by atoms with van der Waals surface area (Å²) in [5.74, 6) is -1.48. The van der Waals surface area contributed by atoms with E-state index in [1.165, 1.54) is 6.07 Å². The molecular weight excluding hydrogens is 393 g/mol. The van der Waals surface area contributed by atoms with Gasteiger partial charge < -0.3 is 9.80 Å². The number of amides is 2. The minimum absolute atomic E-state index is 0.167. The van der Waals surface area contributed by atoms with Crippen LogP contribution >= 0.6 is 0 Å². The smallest absolute Gasteiger partial charge is 0.346 e. The van der Waals surface area contributed by atoms with Gasteiger partial charge in [-0.2, -0.15) is 13.2 Å². The van der Waals surface area contributed by atoms with Crippen molar-refractivity contribution in [3.8, 4) is 0 Å². The Bertz CT molecular complexity index is 925. The topological polar surface area (TPSA) is 40.6 Å². The van der Waals surface area contributed by atoms with Gasteiger partial charge in [0.2, 0.25) is 5.91 Å². The SMILES string of the molecule is CCN(C)C(=O)[C@@H]1CN(C(=O)c2ccc(C)cc2)C[C@@H]1c1cccc(C(F)(F)F)c1. The van der Waals surface area contributed by atoms with E-state index < -0.39 is 23.6 Å². The van der Waals surface area contributed by atoms with Crippen LogP contribution in [-0.2, 0) is 11.0 Å². The Morgan fingerprint density at radius 1 is 1.10 bits per heavy atom. The van der Waals surface area contributed by atoms with Crippen molar-refractivity contribution in [2.24, 2.45) is 5.92 Å². The lowest BCUT2D eigenvalue weighted by atomic mass is 9.87. The molecule has 7 heteroatoms. The summed E-state index contributed by atoms with van der Waals surface area (Å²) >= 11 is 0. The first-order valence-corrected chi connectivity index (χ1v) is 9.90. The highest BCUT2D eigenvalue weighted by atomic mass is 19.4. The maximum atomic E-state index is 13.2. The summed E-state index contributed by atoms with van der Waals surface area (Å²) in [6.07, 6.45) is -4.47. The van der Waals surface area contributed by atoms with Crippen molar-refractivity contribution in [3.63, 3.8) is 0 Å². The van der Waals surface area contributed by atoms with E-state index in [2.05, 4.69) is 0 Å². The van der Waals surface area contributed by atoms with Gasteiger partial charge >= 0.3 is 6.18 Å². The first kappa shape index (κ1) is 21.9. The molecular formula is C23H25F3N2O2. The number of nitrogens with zero attached hydrogens (tertiary/aromatic N) is 2. The highest BCUT2D eigenvalue weighted by Gasteiger charge is 2.42. The highest BCUT2D eigenvalue weighted by Crippen LogP contribution is 2.37. The molecule has 3 rings (SSSR count). The second kappa shape index (κ2) is 8.50. The molecule has 2 atom stereocenters. The Hall–Kier alpha value is -2.83. The van der Waals surface area contributed by atoms with Gasteiger partial charge in [0.25, 0.3) is 5.91 Å². The van der Waals surface area contributed by atoms with E-state index in [0.29, 0.717) is 17.7 Å². The van der Waals surface area contributed by atoms with Crippen molar-refractivity contribution in [2.75, 3.05) is 26.7 Å². The zero-order chi connectivity index (χ0) is 22.1. The van der Waals surface area contributed by atoms with Crippen molar-refractivity contribution >= 4 is 11.8 Å². The van der Waals surface area contributed by atoms with Gasteiger partial charge in [-0.3, -0.25) is 9.59 Å². The van der Waals surface area contributed by atoms with E-state index in [-0.39, 0.29) is 24.9 Å². The number of hydrogen-bond acceptors (Lipinski definition) is 2. The monoisotopic (exact) mass is 418 g/mol. The Labute approximate surface area is 174 Å². The lowest BCUT2D eigenvalue weighted by molar-refractivity contribution is -0.137. The van der Waals surface area contributed by atoms with E-state index in [4.69, 9.17) is 0 Å². The molecule has 2 aromatic rings. The Balaban J connectivity index is 1.94. The molecule has 1 fully saturated rings. The molecule has 30 heavy (non-hydrogen) atoms. The van der Waals surface area contributed by atoms with Gasteiger partial charge in [-0.25, -0.2) is 0 Å². The molecule has 0 unspecified atom stereocenters. The molecule has 1 saturated heterocycles. The van der Waals surface area contributed by atoms with Gasteiger partial charge in [0.15, 0.2) is 0 Å². The summed E-state index contributed by atoms with van der Waals surface area (Å²) in [5.41, 5.74) is 1.19. The van der Waals surface area contributed by atoms with E-state index >= 15 is 0 Å².